The lowest BCUT2D eigenvalue weighted by Gasteiger charge is -2.56. The molecule has 4 aliphatic carbocycles. The highest BCUT2D eigenvalue weighted by Crippen LogP contribution is 2.60. The predicted molar refractivity (Wildman–Crippen MR) is 104 cm³/mol. The first-order valence-electron chi connectivity index (χ1n) is 10.4. The zero-order valence-corrected chi connectivity index (χ0v) is 16.1. The van der Waals surface area contributed by atoms with Gasteiger partial charge in [0.25, 0.3) is 5.91 Å². The summed E-state index contributed by atoms with van der Waals surface area (Å²) in [5.74, 6) is 1.99. The van der Waals surface area contributed by atoms with Crippen molar-refractivity contribution in [3.63, 3.8) is 0 Å². The van der Waals surface area contributed by atoms with Crippen LogP contribution in [-0.4, -0.2) is 23.6 Å². The maximum Gasteiger partial charge on any atom is 0.274 e. The number of benzene rings is 1. The minimum atomic E-state index is -0.533. The molecule has 4 bridgehead atoms. The number of carbonyl (C=O) groups is 2. The first-order chi connectivity index (χ1) is 13.0. The minimum Gasteiger partial charge on any atom is -0.312 e. The molecule has 1 aromatic rings. The number of hydroxylamine groups is 1. The maximum absolute atomic E-state index is 13.8. The van der Waals surface area contributed by atoms with Gasteiger partial charge in [0, 0.05) is 17.8 Å². The van der Waals surface area contributed by atoms with Crippen LogP contribution < -0.4 is 10.4 Å². The lowest BCUT2D eigenvalue weighted by atomic mass is 9.49. The van der Waals surface area contributed by atoms with Crippen molar-refractivity contribution >= 4 is 17.5 Å². The van der Waals surface area contributed by atoms with E-state index in [1.165, 1.54) is 19.3 Å². The number of unbranched alkanes of at least 4 members (excludes halogenated alkanes) is 1. The van der Waals surface area contributed by atoms with Gasteiger partial charge in [-0.1, -0.05) is 13.3 Å². The lowest BCUT2D eigenvalue weighted by molar-refractivity contribution is -0.143. The van der Waals surface area contributed by atoms with Crippen LogP contribution >= 0.6 is 0 Å². The molecule has 0 saturated heterocycles. The Balaban J connectivity index is 1.60. The quantitative estimate of drug-likeness (QED) is 0.582. The topological polar surface area (TPSA) is 69.6 Å². The fourth-order valence-corrected chi connectivity index (χ4v) is 6.18. The van der Waals surface area contributed by atoms with E-state index in [1.807, 2.05) is 17.0 Å². The Kier molecular flexibility index (Phi) is 4.97. The van der Waals surface area contributed by atoms with E-state index in [0.717, 1.165) is 62.1 Å². The molecule has 1 aromatic carbocycles. The number of rotatable bonds is 6. The molecule has 0 aliphatic heterocycles. The smallest absolute Gasteiger partial charge is 0.274 e. The molecule has 27 heavy (non-hydrogen) atoms. The molecular weight excluding hydrogens is 342 g/mol. The molecular formula is C22H30N2O3. The number of anilines is 1. The number of carbonyl (C=O) groups excluding carboxylic acids is 2. The van der Waals surface area contributed by atoms with E-state index >= 15 is 0 Å². The molecule has 0 aromatic heterocycles. The third-order valence-electron chi connectivity index (χ3n) is 7.02. The first kappa shape index (κ1) is 18.5. The largest absolute Gasteiger partial charge is 0.312 e. The average Bonchev–Trinajstić information content (AvgIpc) is 2.67. The summed E-state index contributed by atoms with van der Waals surface area (Å²) in [5.41, 5.74) is 2.74. The van der Waals surface area contributed by atoms with Crippen molar-refractivity contribution in [2.24, 2.45) is 23.2 Å². The molecule has 146 valence electrons. The van der Waals surface area contributed by atoms with Crippen LogP contribution in [0.15, 0.2) is 24.3 Å². The van der Waals surface area contributed by atoms with E-state index in [4.69, 9.17) is 5.21 Å². The van der Waals surface area contributed by atoms with Gasteiger partial charge in [0.15, 0.2) is 0 Å². The summed E-state index contributed by atoms with van der Waals surface area (Å²) < 4.78 is 0. The van der Waals surface area contributed by atoms with Gasteiger partial charge in [-0.2, -0.15) is 0 Å². The highest BCUT2D eigenvalue weighted by Gasteiger charge is 2.55. The van der Waals surface area contributed by atoms with E-state index in [1.54, 1.807) is 17.6 Å². The summed E-state index contributed by atoms with van der Waals surface area (Å²) in [4.78, 5) is 27.3. The van der Waals surface area contributed by atoms with Gasteiger partial charge in [0.1, 0.15) is 0 Å². The molecule has 4 fully saturated rings. The molecule has 0 unspecified atom stereocenters. The summed E-state index contributed by atoms with van der Waals surface area (Å²) in [6, 6.07) is 7.01. The lowest BCUT2D eigenvalue weighted by Crippen LogP contribution is -2.55. The van der Waals surface area contributed by atoms with Gasteiger partial charge in [-0.25, -0.2) is 5.48 Å². The molecule has 0 atom stereocenters. The fraction of sp³-hybridized carbons (Fsp3) is 0.636. The second-order valence-corrected chi connectivity index (χ2v) is 9.00. The summed E-state index contributed by atoms with van der Waals surface area (Å²) in [7, 11) is 0. The van der Waals surface area contributed by atoms with Crippen molar-refractivity contribution < 1.29 is 14.8 Å². The second kappa shape index (κ2) is 7.27. The van der Waals surface area contributed by atoms with Crippen LogP contribution in [0.3, 0.4) is 0 Å². The van der Waals surface area contributed by atoms with Crippen LogP contribution in [0, 0.1) is 23.2 Å². The summed E-state index contributed by atoms with van der Waals surface area (Å²) in [6.07, 6.45) is 9.17. The van der Waals surface area contributed by atoms with E-state index in [-0.39, 0.29) is 5.41 Å². The van der Waals surface area contributed by atoms with Gasteiger partial charge in [0.2, 0.25) is 5.91 Å². The zero-order chi connectivity index (χ0) is 19.0. The van der Waals surface area contributed by atoms with Crippen molar-refractivity contribution in [1.29, 1.82) is 0 Å². The highest BCUT2D eigenvalue weighted by atomic mass is 16.7. The molecule has 5 rings (SSSR count). The molecule has 5 heteroatoms. The number of amides is 2. The Morgan fingerprint density at radius 3 is 2.11 bits per heavy atom. The molecule has 2 amide bonds. The van der Waals surface area contributed by atoms with Gasteiger partial charge in [-0.3, -0.25) is 14.8 Å². The standard InChI is InChI=1S/C22H30N2O3/c1-2-3-8-24(19-6-4-18(5-7-19)20(25)23-27)21(26)22-12-15-9-16(13-22)11-17(10-15)14-22/h4-7,15-17,27H,2-3,8-14H2,1H3,(H,23,25)/i24+2. The van der Waals surface area contributed by atoms with Crippen LogP contribution in [0.2, 0.25) is 0 Å². The Bertz CT molecular complexity index is 677. The van der Waals surface area contributed by atoms with E-state index in [9.17, 15) is 9.59 Å². The Hall–Kier alpha value is -1.88. The van der Waals surface area contributed by atoms with Crippen molar-refractivity contribution in [3.8, 4) is 0 Å². The van der Waals surface area contributed by atoms with Gasteiger partial charge >= 0.3 is 0 Å². The summed E-state index contributed by atoms with van der Waals surface area (Å²) in [6.45, 7) is 2.87. The third-order valence-corrected chi connectivity index (χ3v) is 7.02. The molecule has 0 radical (unpaired) electrons. The number of nitrogens with one attached hydrogen (secondary N) is 1. The molecule has 5 nitrogen and oxygen atoms in total. The Labute approximate surface area is 161 Å². The predicted octanol–water partition coefficient (Wildman–Crippen LogP) is 4.16. The van der Waals surface area contributed by atoms with E-state index < -0.39 is 5.91 Å². The zero-order valence-electron chi connectivity index (χ0n) is 16.1. The van der Waals surface area contributed by atoms with Crippen molar-refractivity contribution in [1.82, 2.24) is 5.48 Å². The molecule has 4 aliphatic rings. The molecule has 0 heterocycles. The highest BCUT2D eigenvalue weighted by molar-refractivity contribution is 5.99. The van der Waals surface area contributed by atoms with Crippen LogP contribution in [0.1, 0.15) is 68.6 Å². The Morgan fingerprint density at radius 2 is 1.63 bits per heavy atom. The molecule has 2 N–H and O–H groups in total. The van der Waals surface area contributed by atoms with E-state index in [0.29, 0.717) is 11.5 Å². The second-order valence-electron chi connectivity index (χ2n) is 9.00. The third kappa shape index (κ3) is 3.38. The van der Waals surface area contributed by atoms with Gasteiger partial charge in [0.05, 0.1) is 5.41 Å². The number of nitrogens with zero attached hydrogens (tertiary/aromatic N) is 1. The average molecular weight is 372 g/mol. The number of hydrogen-bond acceptors (Lipinski definition) is 3. The monoisotopic (exact) mass is 372 g/mol. The first-order valence-corrected chi connectivity index (χ1v) is 10.4. The molecule has 4 saturated carbocycles. The van der Waals surface area contributed by atoms with Crippen LogP contribution in [0.4, 0.5) is 5.69 Å². The number of hydrogen-bond donors (Lipinski definition) is 2. The summed E-state index contributed by atoms with van der Waals surface area (Å²) in [5, 5.41) is 8.80. The molecule has 0 spiro atoms. The van der Waals surface area contributed by atoms with Crippen molar-refractivity contribution in [2.45, 2.75) is 58.3 Å². The van der Waals surface area contributed by atoms with Crippen molar-refractivity contribution in [2.75, 3.05) is 11.4 Å². The van der Waals surface area contributed by atoms with Crippen LogP contribution in [0.25, 0.3) is 0 Å². The fourth-order valence-electron chi connectivity index (χ4n) is 6.18. The summed E-state index contributed by atoms with van der Waals surface area (Å²) >= 11 is 0. The minimum absolute atomic E-state index is 0.163. The SMILES string of the molecule is CCCC[16N](C(=O)C12CC3CC(CC(C3)C1)C2)c1ccc(C(=O)NO)cc1. The van der Waals surface area contributed by atoms with Crippen LogP contribution in [0.5, 0.6) is 0 Å². The van der Waals surface area contributed by atoms with E-state index in [2.05, 4.69) is 6.92 Å². The van der Waals surface area contributed by atoms with Crippen LogP contribution in [-0.2, 0) is 4.79 Å². The normalized spacial score (nSPS) is 31.0. The maximum atomic E-state index is 13.8. The van der Waals surface area contributed by atoms with Gasteiger partial charge in [-0.05, 0) is 87.0 Å². The van der Waals surface area contributed by atoms with Gasteiger partial charge < -0.3 is 4.90 Å². The Morgan fingerprint density at radius 1 is 1.07 bits per heavy atom. The van der Waals surface area contributed by atoms with Gasteiger partial charge in [-0.15, -0.1) is 0 Å². The van der Waals surface area contributed by atoms with Crippen molar-refractivity contribution in [3.05, 3.63) is 29.8 Å².